The number of likely N-dealkylation sites (tertiary alicyclic amines) is 2. The minimum atomic E-state index is -0.204. The molecule has 198 valence electrons. The van der Waals surface area contributed by atoms with Crippen LogP contribution in [-0.2, 0) is 11.3 Å². The number of piperidine rings is 1. The fraction of sp³-hybridized carbons (Fsp3) is 0.375. The van der Waals surface area contributed by atoms with Crippen molar-refractivity contribution in [3.05, 3.63) is 106 Å². The van der Waals surface area contributed by atoms with Gasteiger partial charge in [0.25, 0.3) is 5.91 Å². The van der Waals surface area contributed by atoms with E-state index in [9.17, 15) is 9.59 Å². The molecule has 6 heteroatoms. The number of carbonyl (C=O) groups is 2. The quantitative estimate of drug-likeness (QED) is 0.324. The lowest BCUT2D eigenvalue weighted by molar-refractivity contribution is -0.138. The van der Waals surface area contributed by atoms with Gasteiger partial charge in [-0.15, -0.1) is 0 Å². The number of benzene rings is 3. The zero-order chi connectivity index (χ0) is 26.5. The Morgan fingerprint density at radius 1 is 0.895 bits per heavy atom. The highest BCUT2D eigenvalue weighted by Gasteiger charge is 2.47. The van der Waals surface area contributed by atoms with Gasteiger partial charge in [-0.3, -0.25) is 9.59 Å². The molecule has 0 radical (unpaired) electrons. The van der Waals surface area contributed by atoms with Gasteiger partial charge in [0.15, 0.2) is 0 Å². The number of halogens is 1. The molecule has 2 aliphatic heterocycles. The Morgan fingerprint density at radius 3 is 2.16 bits per heavy atom. The highest BCUT2D eigenvalue weighted by Crippen LogP contribution is 2.42. The van der Waals surface area contributed by atoms with E-state index in [1.54, 1.807) is 0 Å². The van der Waals surface area contributed by atoms with Gasteiger partial charge >= 0.3 is 0 Å². The number of rotatable bonds is 8. The van der Waals surface area contributed by atoms with Crippen LogP contribution in [0.4, 0.5) is 0 Å². The largest absolute Gasteiger partial charge is 0.338 e. The van der Waals surface area contributed by atoms with Gasteiger partial charge in [-0.1, -0.05) is 76.6 Å². The summed E-state index contributed by atoms with van der Waals surface area (Å²) in [5.41, 5.74) is 2.84. The summed E-state index contributed by atoms with van der Waals surface area (Å²) in [6.07, 6.45) is 3.64. The summed E-state index contributed by atoms with van der Waals surface area (Å²) in [6.45, 7) is 4.29. The molecule has 0 N–H and O–H groups in total. The molecule has 1 spiro atoms. The van der Waals surface area contributed by atoms with E-state index in [4.69, 9.17) is 0 Å². The monoisotopic (exact) mass is 573 g/mol. The van der Waals surface area contributed by atoms with Crippen LogP contribution in [0.25, 0.3) is 0 Å². The zero-order valence-corrected chi connectivity index (χ0v) is 23.6. The smallest absolute Gasteiger partial charge is 0.254 e. The predicted molar refractivity (Wildman–Crippen MR) is 155 cm³/mol. The average molecular weight is 575 g/mol. The van der Waals surface area contributed by atoms with Crippen molar-refractivity contribution in [2.24, 2.45) is 5.41 Å². The SMILES string of the molecule is CN(C(=O)c1ccccc1)C(CCN1CCC2(CC1)CCN(Cc1ccc(Br)cc1)C2=O)c1ccccc1. The highest BCUT2D eigenvalue weighted by atomic mass is 79.9. The predicted octanol–water partition coefficient (Wildman–Crippen LogP) is 6.17. The van der Waals surface area contributed by atoms with Crippen molar-refractivity contribution in [2.45, 2.75) is 38.3 Å². The van der Waals surface area contributed by atoms with E-state index in [2.05, 4.69) is 50.0 Å². The first-order valence-corrected chi connectivity index (χ1v) is 14.4. The molecule has 2 heterocycles. The van der Waals surface area contributed by atoms with Crippen LogP contribution in [-0.4, -0.2) is 59.7 Å². The first-order chi connectivity index (χ1) is 18.4. The van der Waals surface area contributed by atoms with Crippen molar-refractivity contribution in [3.63, 3.8) is 0 Å². The van der Waals surface area contributed by atoms with Gasteiger partial charge in [0.2, 0.25) is 5.91 Å². The summed E-state index contributed by atoms with van der Waals surface area (Å²) in [5, 5.41) is 0. The summed E-state index contributed by atoms with van der Waals surface area (Å²) in [6, 6.07) is 28.1. The van der Waals surface area contributed by atoms with Crippen LogP contribution >= 0.6 is 15.9 Å². The summed E-state index contributed by atoms with van der Waals surface area (Å²) in [5.74, 6) is 0.370. The molecule has 38 heavy (non-hydrogen) atoms. The van der Waals surface area contributed by atoms with E-state index in [1.807, 2.05) is 72.6 Å². The van der Waals surface area contributed by atoms with Crippen LogP contribution in [0.15, 0.2) is 89.4 Å². The maximum atomic E-state index is 13.5. The number of carbonyl (C=O) groups excluding carboxylic acids is 2. The van der Waals surface area contributed by atoms with Crippen molar-refractivity contribution in [2.75, 3.05) is 33.2 Å². The summed E-state index contributed by atoms with van der Waals surface area (Å²) in [4.78, 5) is 33.1. The van der Waals surface area contributed by atoms with Crippen molar-refractivity contribution in [1.82, 2.24) is 14.7 Å². The maximum absolute atomic E-state index is 13.5. The average Bonchev–Trinajstić information content (AvgIpc) is 3.25. The summed E-state index contributed by atoms with van der Waals surface area (Å²) in [7, 11) is 1.91. The number of hydrogen-bond donors (Lipinski definition) is 0. The van der Waals surface area contributed by atoms with Gasteiger partial charge in [0, 0.05) is 36.7 Å². The van der Waals surface area contributed by atoms with E-state index < -0.39 is 0 Å². The lowest BCUT2D eigenvalue weighted by atomic mass is 9.77. The van der Waals surface area contributed by atoms with Gasteiger partial charge in [0.05, 0.1) is 11.5 Å². The lowest BCUT2D eigenvalue weighted by Gasteiger charge is -2.39. The first kappa shape index (κ1) is 26.6. The van der Waals surface area contributed by atoms with Crippen molar-refractivity contribution in [3.8, 4) is 0 Å². The Labute approximate surface area is 234 Å². The first-order valence-electron chi connectivity index (χ1n) is 13.6. The number of hydrogen-bond acceptors (Lipinski definition) is 3. The van der Waals surface area contributed by atoms with Gasteiger partial charge in [-0.05, 0) is 74.2 Å². The second kappa shape index (κ2) is 11.8. The molecule has 5 nitrogen and oxygen atoms in total. The molecular formula is C32H36BrN3O2. The molecule has 2 saturated heterocycles. The van der Waals surface area contributed by atoms with Crippen molar-refractivity contribution >= 4 is 27.7 Å². The molecule has 2 aliphatic rings. The Hall–Kier alpha value is -2.96. The maximum Gasteiger partial charge on any atom is 0.254 e. The molecule has 2 fully saturated rings. The van der Waals surface area contributed by atoms with Crippen LogP contribution < -0.4 is 0 Å². The number of amides is 2. The van der Waals surface area contributed by atoms with Gasteiger partial charge in [-0.25, -0.2) is 0 Å². The fourth-order valence-electron chi connectivity index (χ4n) is 6.01. The second-order valence-corrected chi connectivity index (χ2v) is 11.6. The van der Waals surface area contributed by atoms with Crippen molar-refractivity contribution in [1.29, 1.82) is 0 Å². The van der Waals surface area contributed by atoms with E-state index in [0.29, 0.717) is 18.0 Å². The minimum Gasteiger partial charge on any atom is -0.338 e. The number of nitrogens with zero attached hydrogens (tertiary/aromatic N) is 3. The Kier molecular flexibility index (Phi) is 8.29. The molecule has 3 aromatic carbocycles. The third-order valence-corrected chi connectivity index (χ3v) is 8.94. The lowest BCUT2D eigenvalue weighted by Crippen LogP contribution is -2.45. The standard InChI is InChI=1S/C32H36BrN3O2/c1-34(30(37)27-10-6-3-7-11-27)29(26-8-4-2-5-9-26)16-20-35-21-17-32(18-22-35)19-23-36(31(32)38)24-25-12-14-28(33)15-13-25/h2-15,29H,16-24H2,1H3. The van der Waals surface area contributed by atoms with Crippen LogP contribution in [0.1, 0.15) is 53.2 Å². The van der Waals surface area contributed by atoms with Gasteiger partial charge in [0.1, 0.15) is 0 Å². The van der Waals surface area contributed by atoms with Crippen LogP contribution in [0.5, 0.6) is 0 Å². The molecule has 0 aromatic heterocycles. The molecule has 2 amide bonds. The molecule has 3 aromatic rings. The molecule has 0 aliphatic carbocycles. The molecular weight excluding hydrogens is 538 g/mol. The Balaban J connectivity index is 1.19. The van der Waals surface area contributed by atoms with E-state index in [0.717, 1.165) is 61.9 Å². The summed E-state index contributed by atoms with van der Waals surface area (Å²) >= 11 is 3.49. The minimum absolute atomic E-state index is 0.00527. The molecule has 1 atom stereocenters. The Bertz CT molecular complexity index is 1220. The topological polar surface area (TPSA) is 43.9 Å². The third-order valence-electron chi connectivity index (χ3n) is 8.41. The van der Waals surface area contributed by atoms with Crippen LogP contribution in [0.2, 0.25) is 0 Å². The zero-order valence-electron chi connectivity index (χ0n) is 22.1. The van der Waals surface area contributed by atoms with Crippen LogP contribution in [0.3, 0.4) is 0 Å². The van der Waals surface area contributed by atoms with Crippen LogP contribution in [0, 0.1) is 5.41 Å². The second-order valence-electron chi connectivity index (χ2n) is 10.7. The molecule has 1 unspecified atom stereocenters. The molecule has 0 saturated carbocycles. The van der Waals surface area contributed by atoms with E-state index in [1.165, 1.54) is 5.56 Å². The summed E-state index contributed by atoms with van der Waals surface area (Å²) < 4.78 is 1.06. The van der Waals surface area contributed by atoms with Gasteiger partial charge in [-0.2, -0.15) is 0 Å². The van der Waals surface area contributed by atoms with Crippen molar-refractivity contribution < 1.29 is 9.59 Å². The third kappa shape index (κ3) is 5.87. The fourth-order valence-corrected chi connectivity index (χ4v) is 6.28. The van der Waals surface area contributed by atoms with Gasteiger partial charge < -0.3 is 14.7 Å². The highest BCUT2D eigenvalue weighted by molar-refractivity contribution is 9.10. The Morgan fingerprint density at radius 2 is 1.50 bits per heavy atom. The molecule has 5 rings (SSSR count). The van der Waals surface area contributed by atoms with E-state index in [-0.39, 0.29) is 17.4 Å². The normalized spacial score (nSPS) is 18.1. The molecule has 0 bridgehead atoms. The van der Waals surface area contributed by atoms with E-state index >= 15 is 0 Å².